The van der Waals surface area contributed by atoms with Crippen LogP contribution in [0.5, 0.6) is 0 Å². The Morgan fingerprint density at radius 2 is 1.57 bits per heavy atom. The van der Waals surface area contributed by atoms with Crippen LogP contribution in [0.3, 0.4) is 0 Å². The van der Waals surface area contributed by atoms with Crippen LogP contribution in [0.25, 0.3) is 5.57 Å². The molecule has 5 nitrogen and oxygen atoms in total. The maximum atomic E-state index is 13.2. The van der Waals surface area contributed by atoms with Gasteiger partial charge in [-0.2, -0.15) is 0 Å². The maximum absolute atomic E-state index is 13.2. The summed E-state index contributed by atoms with van der Waals surface area (Å²) in [4.78, 5) is 29.8. The lowest BCUT2D eigenvalue weighted by Gasteiger charge is -2.29. The van der Waals surface area contributed by atoms with Crippen LogP contribution >= 0.6 is 11.6 Å². The predicted molar refractivity (Wildman–Crippen MR) is 108 cm³/mol. The number of hydrogen-bond donors (Lipinski definition) is 0. The standard InChI is InChI=1S/C22H21ClN2O3/c23-18-8-6-16(7-9-18)10-11-25-21(26)19(17-4-2-1-3-5-17)20(22(25)27)24-12-14-28-15-13-24/h1-9H,10-15H2. The summed E-state index contributed by atoms with van der Waals surface area (Å²) in [5, 5.41) is 0.666. The smallest absolute Gasteiger partial charge is 0.277 e. The van der Waals surface area contributed by atoms with E-state index >= 15 is 0 Å². The third kappa shape index (κ3) is 3.68. The van der Waals surface area contributed by atoms with Gasteiger partial charge in [0, 0.05) is 24.7 Å². The SMILES string of the molecule is O=C1C(c2ccccc2)=C(N2CCOCC2)C(=O)N1CCc1ccc(Cl)cc1. The second-order valence-corrected chi connectivity index (χ2v) is 7.26. The molecule has 2 aromatic rings. The first-order chi connectivity index (χ1) is 13.6. The molecule has 0 N–H and O–H groups in total. The van der Waals surface area contributed by atoms with E-state index in [1.807, 2.05) is 59.5 Å². The molecule has 0 aromatic heterocycles. The minimum Gasteiger partial charge on any atom is -0.378 e. The van der Waals surface area contributed by atoms with E-state index < -0.39 is 0 Å². The fourth-order valence-electron chi connectivity index (χ4n) is 3.60. The minimum atomic E-state index is -0.230. The van der Waals surface area contributed by atoms with Crippen LogP contribution in [0, 0.1) is 0 Å². The molecule has 0 aliphatic carbocycles. The summed E-state index contributed by atoms with van der Waals surface area (Å²) >= 11 is 5.94. The Morgan fingerprint density at radius 3 is 2.25 bits per heavy atom. The van der Waals surface area contributed by atoms with Gasteiger partial charge in [0.2, 0.25) is 0 Å². The van der Waals surface area contributed by atoms with E-state index in [0.717, 1.165) is 11.1 Å². The number of halogens is 1. The van der Waals surface area contributed by atoms with Crippen LogP contribution < -0.4 is 0 Å². The number of rotatable bonds is 5. The van der Waals surface area contributed by atoms with Crippen LogP contribution in [0.15, 0.2) is 60.3 Å². The third-order valence-electron chi connectivity index (χ3n) is 5.07. The van der Waals surface area contributed by atoms with Gasteiger partial charge in [0.1, 0.15) is 5.70 Å². The van der Waals surface area contributed by atoms with Gasteiger partial charge in [-0.1, -0.05) is 54.1 Å². The Balaban J connectivity index is 1.62. The molecule has 144 valence electrons. The van der Waals surface area contributed by atoms with Gasteiger partial charge in [0.25, 0.3) is 11.8 Å². The van der Waals surface area contributed by atoms with Gasteiger partial charge in [-0.25, -0.2) is 0 Å². The molecule has 2 aromatic carbocycles. The van der Waals surface area contributed by atoms with Crippen molar-refractivity contribution in [1.82, 2.24) is 9.80 Å². The Hall–Kier alpha value is -2.63. The Morgan fingerprint density at radius 1 is 0.893 bits per heavy atom. The molecular weight excluding hydrogens is 376 g/mol. The van der Waals surface area contributed by atoms with Crippen molar-refractivity contribution in [2.24, 2.45) is 0 Å². The third-order valence-corrected chi connectivity index (χ3v) is 5.32. The number of nitrogens with zero attached hydrogens (tertiary/aromatic N) is 2. The zero-order valence-electron chi connectivity index (χ0n) is 15.4. The molecule has 0 spiro atoms. The summed E-state index contributed by atoms with van der Waals surface area (Å²) in [5.41, 5.74) is 2.79. The topological polar surface area (TPSA) is 49.9 Å². The van der Waals surface area contributed by atoms with Crippen molar-refractivity contribution in [3.05, 3.63) is 76.4 Å². The second-order valence-electron chi connectivity index (χ2n) is 6.83. The zero-order chi connectivity index (χ0) is 19.5. The van der Waals surface area contributed by atoms with Gasteiger partial charge >= 0.3 is 0 Å². The molecule has 2 heterocycles. The Kier molecular flexibility index (Phi) is 5.46. The van der Waals surface area contributed by atoms with Crippen molar-refractivity contribution in [2.45, 2.75) is 6.42 Å². The number of carbonyl (C=O) groups excluding carboxylic acids is 2. The average Bonchev–Trinajstić information content (AvgIpc) is 2.99. The van der Waals surface area contributed by atoms with Crippen LogP contribution in [-0.2, 0) is 20.7 Å². The molecular formula is C22H21ClN2O3. The van der Waals surface area contributed by atoms with Crippen molar-refractivity contribution in [1.29, 1.82) is 0 Å². The minimum absolute atomic E-state index is 0.222. The first kappa shape index (κ1) is 18.7. The number of imide groups is 1. The normalized spacial score (nSPS) is 17.6. The lowest BCUT2D eigenvalue weighted by atomic mass is 10.0. The number of morpholine rings is 1. The van der Waals surface area contributed by atoms with Gasteiger partial charge in [-0.3, -0.25) is 14.5 Å². The number of carbonyl (C=O) groups is 2. The summed E-state index contributed by atoms with van der Waals surface area (Å²) in [7, 11) is 0. The maximum Gasteiger partial charge on any atom is 0.277 e. The first-order valence-electron chi connectivity index (χ1n) is 9.38. The van der Waals surface area contributed by atoms with Crippen LogP contribution in [-0.4, -0.2) is 54.5 Å². The molecule has 2 aliphatic heterocycles. The van der Waals surface area contributed by atoms with E-state index in [4.69, 9.17) is 16.3 Å². The molecule has 2 aliphatic rings. The van der Waals surface area contributed by atoms with Crippen LogP contribution in [0.1, 0.15) is 11.1 Å². The summed E-state index contributed by atoms with van der Waals surface area (Å²) in [6, 6.07) is 16.9. The van der Waals surface area contributed by atoms with Gasteiger partial charge in [0.05, 0.1) is 18.8 Å². The molecule has 2 amide bonds. The highest BCUT2D eigenvalue weighted by atomic mass is 35.5. The number of hydrogen-bond acceptors (Lipinski definition) is 4. The molecule has 4 rings (SSSR count). The summed E-state index contributed by atoms with van der Waals surface area (Å²) in [6.45, 7) is 2.66. The fraction of sp³-hybridized carbons (Fsp3) is 0.273. The van der Waals surface area contributed by atoms with E-state index in [2.05, 4.69) is 0 Å². The monoisotopic (exact) mass is 396 g/mol. The summed E-state index contributed by atoms with van der Waals surface area (Å²) < 4.78 is 5.42. The van der Waals surface area contributed by atoms with E-state index in [-0.39, 0.29) is 11.8 Å². The summed E-state index contributed by atoms with van der Waals surface area (Å²) in [5.74, 6) is -0.452. The highest BCUT2D eigenvalue weighted by Gasteiger charge is 2.41. The van der Waals surface area contributed by atoms with Crippen LogP contribution in [0.2, 0.25) is 5.02 Å². The highest BCUT2D eigenvalue weighted by Crippen LogP contribution is 2.32. The predicted octanol–water partition coefficient (Wildman–Crippen LogP) is 2.99. The zero-order valence-corrected chi connectivity index (χ0v) is 16.2. The van der Waals surface area contributed by atoms with E-state index in [1.54, 1.807) is 0 Å². The molecule has 28 heavy (non-hydrogen) atoms. The van der Waals surface area contributed by atoms with E-state index in [0.29, 0.717) is 55.6 Å². The van der Waals surface area contributed by atoms with Crippen LogP contribution in [0.4, 0.5) is 0 Å². The van der Waals surface area contributed by atoms with Gasteiger partial charge < -0.3 is 9.64 Å². The molecule has 0 radical (unpaired) electrons. The van der Waals surface area contributed by atoms with E-state index in [1.165, 1.54) is 4.90 Å². The number of benzene rings is 2. The molecule has 0 atom stereocenters. The quantitative estimate of drug-likeness (QED) is 0.729. The molecule has 0 saturated carbocycles. The molecule has 6 heteroatoms. The molecule has 1 fully saturated rings. The Bertz CT molecular complexity index is 903. The van der Waals surface area contributed by atoms with Crippen molar-refractivity contribution < 1.29 is 14.3 Å². The molecule has 0 unspecified atom stereocenters. The molecule has 1 saturated heterocycles. The Labute approximate surface area is 169 Å². The van der Waals surface area contributed by atoms with Gasteiger partial charge in [-0.15, -0.1) is 0 Å². The van der Waals surface area contributed by atoms with Crippen molar-refractivity contribution in [2.75, 3.05) is 32.8 Å². The van der Waals surface area contributed by atoms with Crippen molar-refractivity contribution >= 4 is 29.0 Å². The van der Waals surface area contributed by atoms with Crippen molar-refractivity contribution in [3.8, 4) is 0 Å². The molecule has 0 bridgehead atoms. The van der Waals surface area contributed by atoms with E-state index in [9.17, 15) is 9.59 Å². The lowest BCUT2D eigenvalue weighted by Crippen LogP contribution is -2.40. The van der Waals surface area contributed by atoms with Gasteiger partial charge in [0.15, 0.2) is 0 Å². The largest absolute Gasteiger partial charge is 0.378 e. The average molecular weight is 397 g/mol. The fourth-order valence-corrected chi connectivity index (χ4v) is 3.73. The van der Waals surface area contributed by atoms with Crippen molar-refractivity contribution in [3.63, 3.8) is 0 Å². The highest BCUT2D eigenvalue weighted by molar-refractivity contribution is 6.35. The summed E-state index contributed by atoms with van der Waals surface area (Å²) in [6.07, 6.45) is 0.590. The number of amides is 2. The number of ether oxygens (including phenoxy) is 1. The second kappa shape index (κ2) is 8.17. The lowest BCUT2D eigenvalue weighted by molar-refractivity contribution is -0.137. The van der Waals surface area contributed by atoms with Gasteiger partial charge in [-0.05, 0) is 29.7 Å². The first-order valence-corrected chi connectivity index (χ1v) is 9.76.